The molecule has 2 N–H and O–H groups in total. The molecule has 0 radical (unpaired) electrons. The highest BCUT2D eigenvalue weighted by molar-refractivity contribution is 5.29. The zero-order chi connectivity index (χ0) is 10.1. The predicted octanol–water partition coefficient (Wildman–Crippen LogP) is 0.861. The molecule has 0 spiro atoms. The van der Waals surface area contributed by atoms with Gasteiger partial charge in [-0.15, -0.1) is 0 Å². The van der Waals surface area contributed by atoms with E-state index in [1.54, 1.807) is 16.9 Å². The van der Waals surface area contributed by atoms with Gasteiger partial charge in [-0.1, -0.05) is 0 Å². The van der Waals surface area contributed by atoms with Crippen LogP contribution >= 0.6 is 0 Å². The number of nitrogens with zero attached hydrogens (tertiary/aromatic N) is 4. The van der Waals surface area contributed by atoms with Gasteiger partial charge in [0.1, 0.15) is 0 Å². The molecule has 0 unspecified atom stereocenters. The average molecular weight is 189 g/mol. The van der Waals surface area contributed by atoms with Crippen molar-refractivity contribution in [1.29, 1.82) is 0 Å². The summed E-state index contributed by atoms with van der Waals surface area (Å²) in [6, 6.07) is 3.76. The lowest BCUT2D eigenvalue weighted by Gasteiger charge is -2.02. The zero-order valence-electron chi connectivity index (χ0n) is 8.10. The van der Waals surface area contributed by atoms with Crippen molar-refractivity contribution in [2.45, 2.75) is 13.8 Å². The first-order valence-electron chi connectivity index (χ1n) is 4.29. The van der Waals surface area contributed by atoms with Crippen LogP contribution in [0.15, 0.2) is 18.3 Å². The standard InChI is InChI=1S/C9H11N5/c1-6-5-7(2)14(13-6)8-3-4-11-9(10)12-8/h3-5H,1-2H3,(H2,10,11,12). The Hall–Kier alpha value is -1.91. The van der Waals surface area contributed by atoms with Crippen molar-refractivity contribution in [2.24, 2.45) is 0 Å². The van der Waals surface area contributed by atoms with Crippen molar-refractivity contribution >= 4 is 5.95 Å². The first-order valence-corrected chi connectivity index (χ1v) is 4.29. The molecule has 5 nitrogen and oxygen atoms in total. The monoisotopic (exact) mass is 189 g/mol. The number of anilines is 1. The molecular formula is C9H11N5. The van der Waals surface area contributed by atoms with Gasteiger partial charge in [-0.25, -0.2) is 9.67 Å². The van der Waals surface area contributed by atoms with Crippen LogP contribution in [0.4, 0.5) is 5.95 Å². The van der Waals surface area contributed by atoms with Crippen LogP contribution in [0.2, 0.25) is 0 Å². The number of rotatable bonds is 1. The van der Waals surface area contributed by atoms with Crippen LogP contribution in [0, 0.1) is 13.8 Å². The second-order valence-corrected chi connectivity index (χ2v) is 3.11. The minimum absolute atomic E-state index is 0.259. The Morgan fingerprint density at radius 1 is 1.36 bits per heavy atom. The molecule has 0 aliphatic heterocycles. The van der Waals surface area contributed by atoms with Crippen LogP contribution in [-0.2, 0) is 0 Å². The van der Waals surface area contributed by atoms with Gasteiger partial charge in [0.2, 0.25) is 5.95 Å². The second-order valence-electron chi connectivity index (χ2n) is 3.11. The smallest absolute Gasteiger partial charge is 0.221 e. The molecule has 2 rings (SSSR count). The third-order valence-electron chi connectivity index (χ3n) is 1.89. The number of nitrogen functional groups attached to an aromatic ring is 1. The van der Waals surface area contributed by atoms with Crippen molar-refractivity contribution in [3.8, 4) is 5.82 Å². The summed E-state index contributed by atoms with van der Waals surface area (Å²) in [6.45, 7) is 3.91. The summed E-state index contributed by atoms with van der Waals surface area (Å²) in [4.78, 5) is 7.91. The topological polar surface area (TPSA) is 69.6 Å². The second kappa shape index (κ2) is 3.10. The average Bonchev–Trinajstić information content (AvgIpc) is 2.45. The SMILES string of the molecule is Cc1cc(C)n(-c2ccnc(N)n2)n1. The van der Waals surface area contributed by atoms with Crippen molar-refractivity contribution in [2.75, 3.05) is 5.73 Å². The highest BCUT2D eigenvalue weighted by Gasteiger charge is 2.04. The molecule has 5 heteroatoms. The molecule has 0 aromatic carbocycles. The lowest BCUT2D eigenvalue weighted by molar-refractivity contribution is 0.803. The molecule has 0 aliphatic carbocycles. The molecule has 14 heavy (non-hydrogen) atoms. The molecular weight excluding hydrogens is 178 g/mol. The lowest BCUT2D eigenvalue weighted by Crippen LogP contribution is -2.04. The molecule has 0 saturated carbocycles. The fourth-order valence-electron chi connectivity index (χ4n) is 1.34. The fourth-order valence-corrected chi connectivity index (χ4v) is 1.34. The van der Waals surface area contributed by atoms with Crippen molar-refractivity contribution in [1.82, 2.24) is 19.7 Å². The van der Waals surface area contributed by atoms with Crippen LogP contribution in [0.25, 0.3) is 5.82 Å². The number of aromatic nitrogens is 4. The van der Waals surface area contributed by atoms with Gasteiger partial charge < -0.3 is 5.73 Å². The van der Waals surface area contributed by atoms with Gasteiger partial charge in [0.15, 0.2) is 5.82 Å². The summed E-state index contributed by atoms with van der Waals surface area (Å²) < 4.78 is 1.74. The molecule has 0 fully saturated rings. The van der Waals surface area contributed by atoms with E-state index in [1.165, 1.54) is 0 Å². The van der Waals surface area contributed by atoms with E-state index >= 15 is 0 Å². The highest BCUT2D eigenvalue weighted by atomic mass is 15.3. The highest BCUT2D eigenvalue weighted by Crippen LogP contribution is 2.09. The van der Waals surface area contributed by atoms with Gasteiger partial charge in [0.05, 0.1) is 5.69 Å². The van der Waals surface area contributed by atoms with E-state index < -0.39 is 0 Å². The van der Waals surface area contributed by atoms with Crippen molar-refractivity contribution in [3.05, 3.63) is 29.7 Å². The maximum Gasteiger partial charge on any atom is 0.221 e. The van der Waals surface area contributed by atoms with E-state index in [2.05, 4.69) is 15.1 Å². The van der Waals surface area contributed by atoms with Gasteiger partial charge in [-0.3, -0.25) is 0 Å². The first-order chi connectivity index (χ1) is 6.66. The Kier molecular flexibility index (Phi) is 1.92. The molecule has 2 aromatic rings. The minimum atomic E-state index is 0.259. The summed E-state index contributed by atoms with van der Waals surface area (Å²) in [6.07, 6.45) is 1.62. The van der Waals surface area contributed by atoms with Gasteiger partial charge in [0, 0.05) is 18.0 Å². The van der Waals surface area contributed by atoms with E-state index in [0.717, 1.165) is 11.4 Å². The van der Waals surface area contributed by atoms with Crippen molar-refractivity contribution in [3.63, 3.8) is 0 Å². The van der Waals surface area contributed by atoms with E-state index in [4.69, 9.17) is 5.73 Å². The van der Waals surface area contributed by atoms with Crippen molar-refractivity contribution < 1.29 is 0 Å². The number of nitrogens with two attached hydrogens (primary N) is 1. The number of hydrogen-bond donors (Lipinski definition) is 1. The Labute approximate surface area is 81.6 Å². The molecule has 0 bridgehead atoms. The molecule has 2 aromatic heterocycles. The Bertz CT molecular complexity index is 460. The van der Waals surface area contributed by atoms with E-state index in [-0.39, 0.29) is 5.95 Å². The molecule has 2 heterocycles. The summed E-state index contributed by atoms with van der Waals surface area (Å²) in [5.74, 6) is 0.957. The predicted molar refractivity (Wildman–Crippen MR) is 53.0 cm³/mol. The van der Waals surface area contributed by atoms with Crippen LogP contribution in [0.3, 0.4) is 0 Å². The molecule has 0 amide bonds. The van der Waals surface area contributed by atoms with Gasteiger partial charge in [-0.2, -0.15) is 10.1 Å². The van der Waals surface area contributed by atoms with Crippen LogP contribution in [0.1, 0.15) is 11.4 Å². The van der Waals surface area contributed by atoms with Gasteiger partial charge in [-0.05, 0) is 19.9 Å². The van der Waals surface area contributed by atoms with E-state index in [0.29, 0.717) is 5.82 Å². The molecule has 0 aliphatic rings. The minimum Gasteiger partial charge on any atom is -0.368 e. The quantitative estimate of drug-likeness (QED) is 0.722. The third-order valence-corrected chi connectivity index (χ3v) is 1.89. The zero-order valence-corrected chi connectivity index (χ0v) is 8.10. The Morgan fingerprint density at radius 3 is 2.71 bits per heavy atom. The molecule has 0 saturated heterocycles. The largest absolute Gasteiger partial charge is 0.368 e. The number of aryl methyl sites for hydroxylation is 2. The maximum atomic E-state index is 5.49. The van der Waals surface area contributed by atoms with E-state index in [9.17, 15) is 0 Å². The lowest BCUT2D eigenvalue weighted by atomic mass is 10.4. The first kappa shape index (κ1) is 8.68. The van der Waals surface area contributed by atoms with Gasteiger partial charge in [0.25, 0.3) is 0 Å². The van der Waals surface area contributed by atoms with E-state index in [1.807, 2.05) is 19.9 Å². The molecule has 72 valence electrons. The van der Waals surface area contributed by atoms with Crippen LogP contribution in [0.5, 0.6) is 0 Å². The summed E-state index contributed by atoms with van der Waals surface area (Å²) in [7, 11) is 0. The Balaban J connectivity index is 2.54. The Morgan fingerprint density at radius 2 is 2.14 bits per heavy atom. The van der Waals surface area contributed by atoms with Crippen LogP contribution in [-0.4, -0.2) is 19.7 Å². The summed E-state index contributed by atoms with van der Waals surface area (Å²) in [5.41, 5.74) is 7.48. The van der Waals surface area contributed by atoms with Crippen LogP contribution < -0.4 is 5.73 Å². The molecule has 0 atom stereocenters. The normalized spacial score (nSPS) is 10.4. The maximum absolute atomic E-state index is 5.49. The number of hydrogen-bond acceptors (Lipinski definition) is 4. The fraction of sp³-hybridized carbons (Fsp3) is 0.222. The third kappa shape index (κ3) is 1.44. The summed E-state index contributed by atoms with van der Waals surface area (Å²) in [5, 5.41) is 4.29. The van der Waals surface area contributed by atoms with Gasteiger partial charge >= 0.3 is 0 Å². The summed E-state index contributed by atoms with van der Waals surface area (Å²) >= 11 is 0.